The summed E-state index contributed by atoms with van der Waals surface area (Å²) in [5.74, 6) is 0.554. The van der Waals surface area contributed by atoms with Crippen molar-refractivity contribution in [1.82, 2.24) is 9.21 Å². The molecule has 0 aromatic heterocycles. The van der Waals surface area contributed by atoms with E-state index >= 15 is 0 Å². The summed E-state index contributed by atoms with van der Waals surface area (Å²) < 4.78 is 27.7. The number of likely N-dealkylation sites (N-methyl/N-ethyl adjacent to an activating group) is 1. The first-order valence-electron chi connectivity index (χ1n) is 8.79. The van der Waals surface area contributed by atoms with Gasteiger partial charge in [-0.2, -0.15) is 0 Å². The lowest BCUT2D eigenvalue weighted by Gasteiger charge is -2.26. The summed E-state index contributed by atoms with van der Waals surface area (Å²) in [6.07, 6.45) is 5.18. The van der Waals surface area contributed by atoms with E-state index in [1.54, 1.807) is 4.31 Å². The van der Waals surface area contributed by atoms with Gasteiger partial charge in [0.25, 0.3) is 0 Å². The fraction of sp³-hybridized carbons (Fsp3) is 0.667. The van der Waals surface area contributed by atoms with Gasteiger partial charge in [0.1, 0.15) is 0 Å². The highest BCUT2D eigenvalue weighted by Crippen LogP contribution is 2.32. The second-order valence-corrected chi connectivity index (χ2v) is 9.53. The van der Waals surface area contributed by atoms with Gasteiger partial charge in [-0.05, 0) is 56.2 Å². The molecule has 2 unspecified atom stereocenters. The quantitative estimate of drug-likeness (QED) is 0.848. The summed E-state index contributed by atoms with van der Waals surface area (Å²) in [7, 11) is -0.988. The largest absolute Gasteiger partial charge is 0.299 e. The van der Waals surface area contributed by atoms with Gasteiger partial charge in [0.15, 0.2) is 0 Å². The molecule has 23 heavy (non-hydrogen) atoms. The van der Waals surface area contributed by atoms with E-state index < -0.39 is 10.0 Å². The minimum Gasteiger partial charge on any atom is -0.299 e. The van der Waals surface area contributed by atoms with Crippen LogP contribution in [0.2, 0.25) is 0 Å². The van der Waals surface area contributed by atoms with Gasteiger partial charge < -0.3 is 0 Å². The average Bonchev–Trinajstić information content (AvgIpc) is 2.98. The van der Waals surface area contributed by atoms with E-state index in [0.717, 1.165) is 25.7 Å². The highest BCUT2D eigenvalue weighted by Gasteiger charge is 2.39. The molecule has 126 valence electrons. The molecule has 2 atom stereocenters. The Kier molecular flexibility index (Phi) is 3.98. The molecule has 1 aliphatic carbocycles. The van der Waals surface area contributed by atoms with Crippen molar-refractivity contribution in [1.29, 1.82) is 0 Å². The molecule has 4 nitrogen and oxygen atoms in total. The van der Waals surface area contributed by atoms with Crippen LogP contribution in [-0.2, 0) is 22.9 Å². The van der Waals surface area contributed by atoms with Gasteiger partial charge in [-0.1, -0.05) is 24.3 Å². The van der Waals surface area contributed by atoms with Gasteiger partial charge >= 0.3 is 0 Å². The molecule has 0 N–H and O–H groups in total. The van der Waals surface area contributed by atoms with E-state index in [1.807, 2.05) is 0 Å². The van der Waals surface area contributed by atoms with Gasteiger partial charge in [0.2, 0.25) is 10.0 Å². The summed E-state index contributed by atoms with van der Waals surface area (Å²) in [6.45, 7) is 1.39. The van der Waals surface area contributed by atoms with E-state index in [1.165, 1.54) is 17.5 Å². The van der Waals surface area contributed by atoms with Crippen LogP contribution in [0.3, 0.4) is 0 Å². The lowest BCUT2D eigenvalue weighted by Crippen LogP contribution is -2.41. The SMILES string of the molecule is CN1C2CCC1CN(S(=O)(=O)CC1Cc3ccccc3C1)CC2. The van der Waals surface area contributed by atoms with Gasteiger partial charge in [0, 0.05) is 25.2 Å². The molecule has 0 saturated carbocycles. The van der Waals surface area contributed by atoms with Crippen molar-refractivity contribution >= 4 is 10.0 Å². The van der Waals surface area contributed by atoms with E-state index in [0.29, 0.717) is 30.9 Å². The van der Waals surface area contributed by atoms with Crippen molar-refractivity contribution in [3.05, 3.63) is 35.4 Å². The van der Waals surface area contributed by atoms with E-state index in [4.69, 9.17) is 0 Å². The summed E-state index contributed by atoms with van der Waals surface area (Å²) in [4.78, 5) is 2.40. The van der Waals surface area contributed by atoms with Crippen molar-refractivity contribution in [2.45, 2.75) is 44.2 Å². The van der Waals surface area contributed by atoms with Crippen LogP contribution in [0.1, 0.15) is 30.4 Å². The topological polar surface area (TPSA) is 40.6 Å². The second kappa shape index (κ2) is 5.87. The molecule has 2 aliphatic heterocycles. The maximum atomic E-state index is 12.9. The first kappa shape index (κ1) is 15.6. The van der Waals surface area contributed by atoms with Crippen LogP contribution in [0.25, 0.3) is 0 Å². The Balaban J connectivity index is 1.45. The Morgan fingerprint density at radius 2 is 1.70 bits per heavy atom. The first-order chi connectivity index (χ1) is 11.0. The Bertz CT molecular complexity index is 663. The zero-order valence-electron chi connectivity index (χ0n) is 13.8. The Morgan fingerprint density at radius 3 is 2.39 bits per heavy atom. The highest BCUT2D eigenvalue weighted by molar-refractivity contribution is 7.89. The molecule has 1 aromatic carbocycles. The van der Waals surface area contributed by atoms with Crippen LogP contribution in [0.15, 0.2) is 24.3 Å². The third-order valence-electron chi connectivity index (χ3n) is 6.09. The van der Waals surface area contributed by atoms with Crippen LogP contribution < -0.4 is 0 Å². The summed E-state index contributed by atoms with van der Waals surface area (Å²) in [5.41, 5.74) is 2.67. The zero-order chi connectivity index (χ0) is 16.0. The van der Waals surface area contributed by atoms with Crippen LogP contribution in [0.5, 0.6) is 0 Å². The monoisotopic (exact) mass is 334 g/mol. The second-order valence-electron chi connectivity index (χ2n) is 7.52. The van der Waals surface area contributed by atoms with Gasteiger partial charge in [0.05, 0.1) is 5.75 Å². The van der Waals surface area contributed by atoms with Crippen LogP contribution in [0, 0.1) is 5.92 Å². The number of rotatable bonds is 3. The first-order valence-corrected chi connectivity index (χ1v) is 10.4. The van der Waals surface area contributed by atoms with Crippen LogP contribution in [0.4, 0.5) is 0 Å². The average molecular weight is 334 g/mol. The van der Waals surface area contributed by atoms with E-state index in [-0.39, 0.29) is 5.92 Å². The van der Waals surface area contributed by atoms with Crippen molar-refractivity contribution < 1.29 is 8.42 Å². The fourth-order valence-corrected chi connectivity index (χ4v) is 6.53. The molecule has 2 saturated heterocycles. The highest BCUT2D eigenvalue weighted by atomic mass is 32.2. The number of fused-ring (bicyclic) bond motifs is 3. The summed E-state index contributed by atoms with van der Waals surface area (Å²) >= 11 is 0. The number of sulfonamides is 1. The maximum absolute atomic E-state index is 12.9. The molecular formula is C18H26N2O2S. The predicted molar refractivity (Wildman–Crippen MR) is 91.9 cm³/mol. The lowest BCUT2D eigenvalue weighted by atomic mass is 10.1. The predicted octanol–water partition coefficient (Wildman–Crippen LogP) is 1.90. The Labute approximate surface area is 139 Å². The lowest BCUT2D eigenvalue weighted by molar-refractivity contribution is 0.246. The molecule has 2 heterocycles. The summed E-state index contributed by atoms with van der Waals surface area (Å²) in [6, 6.07) is 9.38. The smallest absolute Gasteiger partial charge is 0.214 e. The zero-order valence-corrected chi connectivity index (χ0v) is 14.6. The fourth-order valence-electron chi connectivity index (χ4n) is 4.70. The number of benzene rings is 1. The molecule has 2 bridgehead atoms. The van der Waals surface area contributed by atoms with Crippen molar-refractivity contribution in [3.63, 3.8) is 0 Å². The normalized spacial score (nSPS) is 29.6. The third kappa shape index (κ3) is 2.94. The van der Waals surface area contributed by atoms with Crippen LogP contribution >= 0.6 is 0 Å². The molecular weight excluding hydrogens is 308 g/mol. The van der Waals surface area contributed by atoms with Gasteiger partial charge in [-0.15, -0.1) is 0 Å². The molecule has 2 fully saturated rings. The Morgan fingerprint density at radius 1 is 1.04 bits per heavy atom. The third-order valence-corrected chi connectivity index (χ3v) is 8.10. The Hall–Kier alpha value is -0.910. The number of hydrogen-bond acceptors (Lipinski definition) is 3. The molecule has 3 aliphatic rings. The maximum Gasteiger partial charge on any atom is 0.214 e. The van der Waals surface area contributed by atoms with Gasteiger partial charge in [-0.25, -0.2) is 12.7 Å². The number of hydrogen-bond donors (Lipinski definition) is 0. The minimum absolute atomic E-state index is 0.246. The standard InChI is InChI=1S/C18H26N2O2S/c1-19-17-6-7-18(19)12-20(9-8-17)23(21,22)13-14-10-15-4-2-3-5-16(15)11-14/h2-5,14,17-18H,6-13H2,1H3. The molecule has 5 heteroatoms. The van der Waals surface area contributed by atoms with E-state index in [2.05, 4.69) is 36.2 Å². The molecule has 4 rings (SSSR count). The van der Waals surface area contributed by atoms with E-state index in [9.17, 15) is 8.42 Å². The molecule has 1 aromatic rings. The number of nitrogens with zero attached hydrogens (tertiary/aromatic N) is 2. The van der Waals surface area contributed by atoms with Crippen molar-refractivity contribution in [2.75, 3.05) is 25.9 Å². The van der Waals surface area contributed by atoms with Gasteiger partial charge in [-0.3, -0.25) is 4.90 Å². The summed E-state index contributed by atoms with van der Waals surface area (Å²) in [5, 5.41) is 0. The van der Waals surface area contributed by atoms with Crippen molar-refractivity contribution in [2.24, 2.45) is 5.92 Å². The minimum atomic E-state index is -3.15. The van der Waals surface area contributed by atoms with Crippen LogP contribution in [-0.4, -0.2) is 55.6 Å². The molecule has 0 amide bonds. The molecule has 0 radical (unpaired) electrons. The van der Waals surface area contributed by atoms with Crippen molar-refractivity contribution in [3.8, 4) is 0 Å². The molecule has 0 spiro atoms.